The number of fused-ring (bicyclic) bond motifs is 6. The highest BCUT2D eigenvalue weighted by atomic mass is 32.2. The molecule has 0 amide bonds. The van der Waals surface area contributed by atoms with E-state index >= 15 is 0 Å². The van der Waals surface area contributed by atoms with Crippen LogP contribution in [0.2, 0.25) is 0 Å². The predicted octanol–water partition coefficient (Wildman–Crippen LogP) is 2.94. The summed E-state index contributed by atoms with van der Waals surface area (Å²) >= 11 is 0. The number of nitrogens with two attached hydrogens (primary N) is 1. The number of Topliss-reactive ketones (excluding diaryl/α,β-unsaturated/α-hetero) is 1. The van der Waals surface area contributed by atoms with Crippen molar-refractivity contribution in [3.8, 4) is 0 Å². The molecule has 10 saturated heterocycles. The molecular weight excluding hydrogens is 763 g/mol. The maximum absolute atomic E-state index is 14.1. The maximum Gasteiger partial charge on any atom is 0.261 e. The molecule has 10 fully saturated rings. The van der Waals surface area contributed by atoms with Crippen LogP contribution in [0.25, 0.3) is 0 Å². The molecule has 4 N–H and O–H groups in total. The Morgan fingerprint density at radius 1 is 0.825 bits per heavy atom. The Bertz CT molecular complexity index is 1600. The van der Waals surface area contributed by atoms with Gasteiger partial charge in [0.05, 0.1) is 73.4 Å². The number of ether oxygens (including phenoxy) is 9. The number of hydrogen-bond donors (Lipinski definition) is 3. The summed E-state index contributed by atoms with van der Waals surface area (Å²) < 4.78 is 85.9. The summed E-state index contributed by atoms with van der Waals surface area (Å²) in [4.78, 5) is 14.1. The Morgan fingerprint density at radius 2 is 1.51 bits per heavy atom. The van der Waals surface area contributed by atoms with Gasteiger partial charge < -0.3 is 53.5 Å². The average molecular weight is 826 g/mol. The van der Waals surface area contributed by atoms with Crippen molar-refractivity contribution in [2.45, 2.75) is 194 Å². The monoisotopic (exact) mass is 825 g/mol. The van der Waals surface area contributed by atoms with E-state index in [9.17, 15) is 18.3 Å². The molecule has 0 aromatic carbocycles. The van der Waals surface area contributed by atoms with E-state index < -0.39 is 28.1 Å². The van der Waals surface area contributed by atoms with Crippen LogP contribution >= 0.6 is 0 Å². The molecule has 0 aromatic rings. The summed E-state index contributed by atoms with van der Waals surface area (Å²) in [5.41, 5.74) is 8.01. The summed E-state index contributed by atoms with van der Waals surface area (Å²) in [7, 11) is -2.01. The van der Waals surface area contributed by atoms with Gasteiger partial charge in [-0.3, -0.25) is 9.35 Å². The van der Waals surface area contributed by atoms with Crippen molar-refractivity contribution >= 4 is 15.9 Å². The number of aliphatic hydroxyl groups excluding tert-OH is 1. The third-order valence-electron chi connectivity index (χ3n) is 14.0. The summed E-state index contributed by atoms with van der Waals surface area (Å²) in [5.74, 6) is -0.619. The lowest BCUT2D eigenvalue weighted by molar-refractivity contribution is -0.292. The lowest BCUT2D eigenvalue weighted by Crippen LogP contribution is -2.61. The van der Waals surface area contributed by atoms with E-state index in [0.717, 1.165) is 56.1 Å². The Labute approximate surface area is 336 Å². The molecule has 57 heavy (non-hydrogen) atoms. The van der Waals surface area contributed by atoms with Crippen molar-refractivity contribution in [3.05, 3.63) is 24.3 Å². The number of aliphatic hydroxyl groups is 1. The molecule has 16 heteroatoms. The summed E-state index contributed by atoms with van der Waals surface area (Å²) in [6, 6.07) is 0. The minimum Gasteiger partial charge on any atom is -0.392 e. The van der Waals surface area contributed by atoms with Crippen LogP contribution in [0, 0.1) is 11.8 Å². The lowest BCUT2D eigenvalue weighted by Gasteiger charge is -2.47. The van der Waals surface area contributed by atoms with Gasteiger partial charge in [0.15, 0.2) is 5.79 Å². The Morgan fingerprint density at radius 3 is 2.26 bits per heavy atom. The van der Waals surface area contributed by atoms with E-state index in [-0.39, 0.29) is 122 Å². The zero-order valence-corrected chi connectivity index (χ0v) is 34.3. The SMILES string of the molecule is C=C1CC2CCC34CC5OC6C(OC7CCC(CC(=O)CC8C(CC9OC(CCC1O2)CC(C)C9=C)OC(CC(O)CN)C8OC)OC7C6O3)C5O4.CS(=O)(=O)O. The van der Waals surface area contributed by atoms with E-state index in [0.29, 0.717) is 31.9 Å². The summed E-state index contributed by atoms with van der Waals surface area (Å²) in [6.45, 7) is 11.3. The van der Waals surface area contributed by atoms with Crippen LogP contribution in [-0.2, 0) is 57.5 Å². The second-order valence-electron chi connectivity index (χ2n) is 18.2. The molecule has 12 bridgehead atoms. The molecule has 15 nitrogen and oxygen atoms in total. The fourth-order valence-corrected chi connectivity index (χ4v) is 11.3. The van der Waals surface area contributed by atoms with Gasteiger partial charge in [-0.2, -0.15) is 8.42 Å². The van der Waals surface area contributed by atoms with Crippen LogP contribution in [0.4, 0.5) is 0 Å². The highest BCUT2D eigenvalue weighted by Gasteiger charge is 2.68. The number of ketones is 1. The first-order valence-corrected chi connectivity index (χ1v) is 22.9. The van der Waals surface area contributed by atoms with Crippen LogP contribution in [-0.4, -0.2) is 147 Å². The largest absolute Gasteiger partial charge is 0.392 e. The van der Waals surface area contributed by atoms with Gasteiger partial charge in [-0.1, -0.05) is 20.1 Å². The third kappa shape index (κ3) is 9.00. The van der Waals surface area contributed by atoms with Gasteiger partial charge in [0, 0.05) is 58.1 Å². The van der Waals surface area contributed by atoms with Crippen molar-refractivity contribution in [3.63, 3.8) is 0 Å². The summed E-state index contributed by atoms with van der Waals surface area (Å²) in [5, 5.41) is 10.5. The smallest absolute Gasteiger partial charge is 0.261 e. The first-order chi connectivity index (χ1) is 27.1. The van der Waals surface area contributed by atoms with Crippen LogP contribution in [0.1, 0.15) is 90.4 Å². The lowest BCUT2D eigenvalue weighted by atomic mass is 9.81. The summed E-state index contributed by atoms with van der Waals surface area (Å²) in [6.07, 6.45) is 5.57. The molecule has 10 aliphatic rings. The fourth-order valence-electron chi connectivity index (χ4n) is 11.3. The first-order valence-electron chi connectivity index (χ1n) is 21.1. The highest BCUT2D eigenvalue weighted by Crippen LogP contribution is 2.54. The molecule has 19 atom stereocenters. The maximum atomic E-state index is 14.1. The Kier molecular flexibility index (Phi) is 12.5. The number of rotatable bonds is 4. The van der Waals surface area contributed by atoms with Gasteiger partial charge >= 0.3 is 0 Å². The zero-order chi connectivity index (χ0) is 40.4. The molecule has 0 saturated carbocycles. The van der Waals surface area contributed by atoms with Gasteiger partial charge in [-0.05, 0) is 62.0 Å². The molecule has 322 valence electrons. The quantitative estimate of drug-likeness (QED) is 0.276. The molecule has 0 radical (unpaired) electrons. The van der Waals surface area contributed by atoms with Gasteiger partial charge in [-0.15, -0.1) is 0 Å². The zero-order valence-electron chi connectivity index (χ0n) is 33.5. The standard InChI is InChI=1S/C40H59NO11.CH4O3S/c1-19-11-24-5-7-28-20(2)12-26(45-28)9-10-40-17-33-36(51-40)37-38(50-33)39(52-40)35-29(49-37)8-6-25(47-35)13-22(42)14-27-31(16-30(46-24)21(19)3)48-32(34(27)44-4)15-23(43)18-41;1-5(2,3)4/h19,23-39,43H,2-3,5-18,41H2,1,4H3;1H3,(H,2,3,4). The van der Waals surface area contributed by atoms with Crippen LogP contribution in [0.5, 0.6) is 0 Å². The second-order valence-corrected chi connectivity index (χ2v) is 19.6. The van der Waals surface area contributed by atoms with E-state index in [2.05, 4.69) is 20.1 Å². The van der Waals surface area contributed by atoms with Gasteiger partial charge in [0.1, 0.15) is 36.3 Å². The van der Waals surface area contributed by atoms with E-state index in [4.69, 9.17) is 52.9 Å². The normalized spacial score (nSPS) is 48.8. The molecule has 1 spiro atoms. The van der Waals surface area contributed by atoms with Gasteiger partial charge in [-0.25, -0.2) is 0 Å². The minimum absolute atomic E-state index is 0.0158. The number of methoxy groups -OCH3 is 1. The van der Waals surface area contributed by atoms with Crippen molar-refractivity contribution in [2.24, 2.45) is 17.6 Å². The fraction of sp³-hybridized carbons (Fsp3) is 0.878. The Hall–Kier alpha value is -1.38. The average Bonchev–Trinajstić information content (AvgIpc) is 3.82. The molecular formula is C41H63NO14S. The van der Waals surface area contributed by atoms with Crippen molar-refractivity contribution in [1.29, 1.82) is 0 Å². The molecule has 10 heterocycles. The second kappa shape index (κ2) is 16.8. The molecule has 0 aromatic heterocycles. The van der Waals surface area contributed by atoms with E-state index in [1.807, 2.05) is 0 Å². The van der Waals surface area contributed by atoms with Crippen LogP contribution in [0.3, 0.4) is 0 Å². The number of carbonyl (C=O) groups is 1. The van der Waals surface area contributed by atoms with E-state index in [1.165, 1.54) is 0 Å². The van der Waals surface area contributed by atoms with Crippen molar-refractivity contribution in [1.82, 2.24) is 0 Å². The topological polar surface area (TPSA) is 201 Å². The van der Waals surface area contributed by atoms with Crippen molar-refractivity contribution in [2.75, 3.05) is 19.9 Å². The number of carbonyl (C=O) groups excluding carboxylic acids is 1. The van der Waals surface area contributed by atoms with Crippen molar-refractivity contribution < 1.29 is 65.5 Å². The number of hydrogen-bond acceptors (Lipinski definition) is 14. The predicted molar refractivity (Wildman–Crippen MR) is 204 cm³/mol. The molecule has 10 aliphatic heterocycles. The third-order valence-corrected chi connectivity index (χ3v) is 14.0. The van der Waals surface area contributed by atoms with E-state index in [1.54, 1.807) is 7.11 Å². The molecule has 0 aliphatic carbocycles. The minimum atomic E-state index is -3.67. The van der Waals surface area contributed by atoms with Crippen LogP contribution < -0.4 is 5.73 Å². The molecule has 19 unspecified atom stereocenters. The highest BCUT2D eigenvalue weighted by molar-refractivity contribution is 7.85. The molecule has 10 rings (SSSR count). The van der Waals surface area contributed by atoms with Gasteiger partial charge in [0.2, 0.25) is 0 Å². The van der Waals surface area contributed by atoms with Gasteiger partial charge in [0.25, 0.3) is 10.1 Å². The Balaban J connectivity index is 0.000000859. The van der Waals surface area contributed by atoms with Crippen LogP contribution in [0.15, 0.2) is 24.3 Å². The first kappa shape index (κ1) is 42.3.